The summed E-state index contributed by atoms with van der Waals surface area (Å²) in [6.45, 7) is 1.46. The van der Waals surface area contributed by atoms with Crippen molar-refractivity contribution in [2.24, 2.45) is 0 Å². The average Bonchev–Trinajstić information content (AvgIpc) is 2.50. The van der Waals surface area contributed by atoms with E-state index in [0.717, 1.165) is 0 Å². The third kappa shape index (κ3) is 4.49. The van der Waals surface area contributed by atoms with E-state index in [1.807, 2.05) is 0 Å². The van der Waals surface area contributed by atoms with Crippen molar-refractivity contribution in [1.29, 1.82) is 0 Å². The van der Waals surface area contributed by atoms with E-state index in [0.29, 0.717) is 0 Å². The van der Waals surface area contributed by atoms with Gasteiger partial charge < -0.3 is 25.3 Å². The van der Waals surface area contributed by atoms with Crippen molar-refractivity contribution in [3.8, 4) is 0 Å². The SMILES string of the molecule is CCOC(=O)N[C@@H]1CS(=O)(=O)C[C@H]1[NH2+]CC(=O)[O-]. The molecule has 0 aromatic rings. The van der Waals surface area contributed by atoms with Crippen LogP contribution in [0, 0.1) is 0 Å². The number of rotatable bonds is 5. The largest absolute Gasteiger partial charge is 0.544 e. The molecule has 1 aliphatic heterocycles. The zero-order valence-electron chi connectivity index (χ0n) is 9.92. The summed E-state index contributed by atoms with van der Waals surface area (Å²) in [4.78, 5) is 21.6. The number of carboxylic acids is 1. The summed E-state index contributed by atoms with van der Waals surface area (Å²) in [7, 11) is -3.27. The van der Waals surface area contributed by atoms with E-state index in [-0.39, 0.29) is 24.7 Å². The number of carbonyl (C=O) groups is 2. The topological polar surface area (TPSA) is 129 Å². The molecule has 3 N–H and O–H groups in total. The van der Waals surface area contributed by atoms with E-state index in [2.05, 4.69) is 10.1 Å². The second kappa shape index (κ2) is 6.01. The van der Waals surface area contributed by atoms with E-state index in [9.17, 15) is 23.1 Å². The predicted octanol–water partition coefficient (Wildman–Crippen LogP) is -3.79. The lowest BCUT2D eigenvalue weighted by Crippen LogP contribution is -2.95. The summed E-state index contributed by atoms with van der Waals surface area (Å²) in [6.07, 6.45) is -0.702. The van der Waals surface area contributed by atoms with E-state index in [1.54, 1.807) is 6.92 Å². The zero-order chi connectivity index (χ0) is 13.8. The smallest absolute Gasteiger partial charge is 0.407 e. The fraction of sp³-hybridized carbons (Fsp3) is 0.778. The van der Waals surface area contributed by atoms with Crippen molar-refractivity contribution >= 4 is 21.9 Å². The second-order valence-electron chi connectivity index (χ2n) is 4.02. The van der Waals surface area contributed by atoms with Crippen LogP contribution in [0.4, 0.5) is 4.79 Å². The summed E-state index contributed by atoms with van der Waals surface area (Å²) in [5.74, 6) is -1.66. The number of aliphatic carboxylic acids is 1. The standard InChI is InChI=1S/C9H16N2O6S/c1-2-17-9(14)11-7-5-18(15,16)4-6(7)10-3-8(12)13/h6-7,10H,2-5H2,1H3,(H,11,14)(H,12,13)/t6-,7-/m1/s1. The number of quaternary nitrogens is 1. The molecule has 1 fully saturated rings. The van der Waals surface area contributed by atoms with Gasteiger partial charge in [-0.25, -0.2) is 13.2 Å². The first kappa shape index (κ1) is 14.7. The number of nitrogens with one attached hydrogen (secondary N) is 1. The third-order valence-corrected chi connectivity index (χ3v) is 4.32. The number of amides is 1. The number of hydrogen-bond donors (Lipinski definition) is 2. The molecular weight excluding hydrogens is 264 g/mol. The van der Waals surface area contributed by atoms with Crippen LogP contribution in [-0.2, 0) is 19.4 Å². The van der Waals surface area contributed by atoms with E-state index in [1.165, 1.54) is 5.32 Å². The summed E-state index contributed by atoms with van der Waals surface area (Å²) in [6, 6.07) is -1.18. The van der Waals surface area contributed by atoms with Gasteiger partial charge in [0.25, 0.3) is 0 Å². The molecule has 8 nitrogen and oxygen atoms in total. The average molecular weight is 280 g/mol. The van der Waals surface area contributed by atoms with Gasteiger partial charge in [-0.1, -0.05) is 0 Å². The highest BCUT2D eigenvalue weighted by molar-refractivity contribution is 7.91. The molecule has 1 aliphatic rings. The van der Waals surface area contributed by atoms with Crippen LogP contribution in [0.25, 0.3) is 0 Å². The van der Waals surface area contributed by atoms with Gasteiger partial charge in [0.1, 0.15) is 18.3 Å². The predicted molar refractivity (Wildman–Crippen MR) is 58.2 cm³/mol. The Morgan fingerprint density at radius 1 is 1.44 bits per heavy atom. The van der Waals surface area contributed by atoms with Gasteiger partial charge in [-0.3, -0.25) is 0 Å². The minimum Gasteiger partial charge on any atom is -0.544 e. The lowest BCUT2D eigenvalue weighted by molar-refractivity contribution is -0.681. The fourth-order valence-corrected chi connectivity index (χ4v) is 3.80. The molecule has 1 saturated heterocycles. The molecule has 0 aromatic carbocycles. The van der Waals surface area contributed by atoms with Crippen LogP contribution < -0.4 is 15.7 Å². The van der Waals surface area contributed by atoms with E-state index >= 15 is 0 Å². The van der Waals surface area contributed by atoms with Gasteiger partial charge in [0.15, 0.2) is 9.84 Å². The Labute approximate surface area is 105 Å². The van der Waals surface area contributed by atoms with Gasteiger partial charge in [-0.15, -0.1) is 0 Å². The Balaban J connectivity index is 2.61. The maximum absolute atomic E-state index is 11.5. The molecule has 1 amide bonds. The van der Waals surface area contributed by atoms with Crippen LogP contribution in [0.1, 0.15) is 6.92 Å². The van der Waals surface area contributed by atoms with Crippen LogP contribution in [0.3, 0.4) is 0 Å². The quantitative estimate of drug-likeness (QED) is 0.531. The molecule has 0 saturated carbocycles. The van der Waals surface area contributed by atoms with Crippen molar-refractivity contribution in [2.75, 3.05) is 24.7 Å². The Bertz CT molecular complexity index is 421. The van der Waals surface area contributed by atoms with Gasteiger partial charge in [0, 0.05) is 0 Å². The number of sulfone groups is 1. The zero-order valence-corrected chi connectivity index (χ0v) is 10.7. The molecule has 0 spiro atoms. The first-order valence-electron chi connectivity index (χ1n) is 5.51. The number of ether oxygens (including phenoxy) is 1. The number of carbonyl (C=O) groups excluding carboxylic acids is 2. The van der Waals surface area contributed by atoms with Gasteiger partial charge in [-0.05, 0) is 6.92 Å². The van der Waals surface area contributed by atoms with Gasteiger partial charge >= 0.3 is 6.09 Å². The molecule has 1 rings (SSSR count). The molecule has 0 radical (unpaired) electrons. The highest BCUT2D eigenvalue weighted by Gasteiger charge is 2.41. The van der Waals surface area contributed by atoms with Crippen LogP contribution in [0.2, 0.25) is 0 Å². The monoisotopic (exact) mass is 280 g/mol. The molecule has 1 heterocycles. The van der Waals surface area contributed by atoms with Crippen LogP contribution in [-0.4, -0.2) is 57.2 Å². The van der Waals surface area contributed by atoms with E-state index in [4.69, 9.17) is 0 Å². The number of hydrogen-bond acceptors (Lipinski definition) is 6. The molecule has 0 unspecified atom stereocenters. The number of nitrogens with two attached hydrogens (primary N) is 1. The maximum Gasteiger partial charge on any atom is 0.407 e. The van der Waals surface area contributed by atoms with Gasteiger partial charge in [-0.2, -0.15) is 0 Å². The second-order valence-corrected chi connectivity index (χ2v) is 6.18. The van der Waals surface area contributed by atoms with Gasteiger partial charge in [0.05, 0.1) is 24.4 Å². The van der Waals surface area contributed by atoms with E-state index < -0.39 is 34.0 Å². The van der Waals surface area contributed by atoms with Crippen molar-refractivity contribution in [3.05, 3.63) is 0 Å². The van der Waals surface area contributed by atoms with Crippen molar-refractivity contribution in [3.63, 3.8) is 0 Å². The Kier molecular flexibility index (Phi) is 4.91. The van der Waals surface area contributed by atoms with Crippen molar-refractivity contribution in [1.82, 2.24) is 5.32 Å². The van der Waals surface area contributed by atoms with Crippen molar-refractivity contribution in [2.45, 2.75) is 19.0 Å². The minimum absolute atomic E-state index is 0.169. The van der Waals surface area contributed by atoms with Crippen LogP contribution >= 0.6 is 0 Å². The highest BCUT2D eigenvalue weighted by atomic mass is 32.2. The molecule has 18 heavy (non-hydrogen) atoms. The first-order chi connectivity index (χ1) is 8.34. The number of carboxylic acid groups (broad SMARTS) is 1. The lowest BCUT2D eigenvalue weighted by Gasteiger charge is -2.17. The molecule has 0 aliphatic carbocycles. The Morgan fingerprint density at radius 3 is 2.67 bits per heavy atom. The van der Waals surface area contributed by atoms with Gasteiger partial charge in [0.2, 0.25) is 0 Å². The molecule has 2 atom stereocenters. The normalized spacial score (nSPS) is 25.6. The van der Waals surface area contributed by atoms with Crippen LogP contribution in [0.15, 0.2) is 0 Å². The maximum atomic E-state index is 11.5. The molecule has 0 aromatic heterocycles. The highest BCUT2D eigenvalue weighted by Crippen LogP contribution is 2.10. The lowest BCUT2D eigenvalue weighted by atomic mass is 10.2. The summed E-state index contributed by atoms with van der Waals surface area (Å²) in [5.41, 5.74) is 0. The molecule has 9 heteroatoms. The Hall–Kier alpha value is -1.35. The Morgan fingerprint density at radius 2 is 2.11 bits per heavy atom. The number of alkyl carbamates (subject to hydrolysis) is 1. The summed E-state index contributed by atoms with van der Waals surface area (Å²) >= 11 is 0. The fourth-order valence-electron chi connectivity index (χ4n) is 1.83. The first-order valence-corrected chi connectivity index (χ1v) is 7.33. The summed E-state index contributed by atoms with van der Waals surface area (Å²) < 4.78 is 27.6. The summed E-state index contributed by atoms with van der Waals surface area (Å²) in [5, 5.41) is 14.1. The molecule has 104 valence electrons. The molecule has 0 bridgehead atoms. The van der Waals surface area contributed by atoms with Crippen LogP contribution in [0.5, 0.6) is 0 Å². The molecular formula is C9H16N2O6S. The third-order valence-electron chi connectivity index (χ3n) is 2.56. The van der Waals surface area contributed by atoms with Crippen molar-refractivity contribution < 1.29 is 33.2 Å². The minimum atomic E-state index is -3.27.